The second-order valence-electron chi connectivity index (χ2n) is 7.88. The van der Waals surface area contributed by atoms with Crippen LogP contribution in [0.2, 0.25) is 0 Å². The third-order valence-electron chi connectivity index (χ3n) is 5.80. The standard InChI is InChI=1S/C24H31N3O4/c1-30-21-11-8-19(13-22(21)31-2)23(28)26-15-17-4-3-5-18(12-17)24(29)27-20-9-6-16(14-25)7-10-20/h3-5,8,11-13,16,20H,6-7,9-10,14-15,25H2,1-2H3,(H,26,28)(H,27,29). The number of ether oxygens (including phenoxy) is 2. The second kappa shape index (κ2) is 10.8. The van der Waals surface area contributed by atoms with E-state index in [9.17, 15) is 9.59 Å². The van der Waals surface area contributed by atoms with E-state index >= 15 is 0 Å². The largest absolute Gasteiger partial charge is 0.493 e. The molecule has 3 rings (SSSR count). The highest BCUT2D eigenvalue weighted by atomic mass is 16.5. The van der Waals surface area contributed by atoms with Crippen molar-refractivity contribution in [3.63, 3.8) is 0 Å². The van der Waals surface area contributed by atoms with Crippen molar-refractivity contribution in [2.24, 2.45) is 11.7 Å². The summed E-state index contributed by atoms with van der Waals surface area (Å²) in [7, 11) is 3.08. The van der Waals surface area contributed by atoms with Gasteiger partial charge in [-0.05, 0) is 74.0 Å². The van der Waals surface area contributed by atoms with Crippen LogP contribution in [0, 0.1) is 5.92 Å². The van der Waals surface area contributed by atoms with E-state index in [0.29, 0.717) is 35.1 Å². The molecule has 1 aliphatic rings. The topological polar surface area (TPSA) is 103 Å². The predicted octanol–water partition coefficient (Wildman–Crippen LogP) is 2.88. The Morgan fingerprint density at radius 2 is 1.65 bits per heavy atom. The summed E-state index contributed by atoms with van der Waals surface area (Å²) >= 11 is 0. The first-order chi connectivity index (χ1) is 15.0. The van der Waals surface area contributed by atoms with Gasteiger partial charge in [-0.2, -0.15) is 0 Å². The van der Waals surface area contributed by atoms with Gasteiger partial charge in [0.15, 0.2) is 11.5 Å². The normalized spacial score (nSPS) is 18.2. The van der Waals surface area contributed by atoms with E-state index in [1.807, 2.05) is 18.2 Å². The Bertz CT molecular complexity index is 907. The molecule has 0 unspecified atom stereocenters. The lowest BCUT2D eigenvalue weighted by Gasteiger charge is -2.28. The summed E-state index contributed by atoms with van der Waals surface area (Å²) in [6.07, 6.45) is 4.05. The molecule has 4 N–H and O–H groups in total. The maximum Gasteiger partial charge on any atom is 0.251 e. The van der Waals surface area contributed by atoms with E-state index in [2.05, 4.69) is 10.6 Å². The summed E-state index contributed by atoms with van der Waals surface area (Å²) in [6, 6.07) is 12.5. The predicted molar refractivity (Wildman–Crippen MR) is 119 cm³/mol. The highest BCUT2D eigenvalue weighted by molar-refractivity contribution is 5.95. The Morgan fingerprint density at radius 1 is 0.935 bits per heavy atom. The minimum absolute atomic E-state index is 0.0794. The number of nitrogens with one attached hydrogen (secondary N) is 2. The number of hydrogen-bond donors (Lipinski definition) is 3. The van der Waals surface area contributed by atoms with E-state index in [1.165, 1.54) is 7.11 Å². The Hall–Kier alpha value is -3.06. The minimum atomic E-state index is -0.229. The molecule has 1 saturated carbocycles. The molecule has 2 aromatic rings. The molecular formula is C24H31N3O4. The maximum atomic E-state index is 12.7. The van der Waals surface area contributed by atoms with Crippen LogP contribution in [0.3, 0.4) is 0 Å². The van der Waals surface area contributed by atoms with Crippen molar-refractivity contribution >= 4 is 11.8 Å². The number of carbonyl (C=O) groups excluding carboxylic acids is 2. The lowest BCUT2D eigenvalue weighted by Crippen LogP contribution is -2.38. The Morgan fingerprint density at radius 3 is 2.32 bits per heavy atom. The molecule has 0 aliphatic heterocycles. The van der Waals surface area contributed by atoms with Crippen molar-refractivity contribution in [1.82, 2.24) is 10.6 Å². The van der Waals surface area contributed by atoms with Gasteiger partial charge in [-0.25, -0.2) is 0 Å². The van der Waals surface area contributed by atoms with Crippen LogP contribution in [0.25, 0.3) is 0 Å². The Kier molecular flexibility index (Phi) is 7.89. The van der Waals surface area contributed by atoms with Crippen LogP contribution in [-0.2, 0) is 6.54 Å². The molecule has 166 valence electrons. The molecule has 0 heterocycles. The molecule has 0 radical (unpaired) electrons. The lowest BCUT2D eigenvalue weighted by atomic mass is 9.86. The number of amides is 2. The third-order valence-corrected chi connectivity index (χ3v) is 5.80. The molecule has 0 spiro atoms. The van der Waals surface area contributed by atoms with E-state index in [-0.39, 0.29) is 17.9 Å². The van der Waals surface area contributed by atoms with E-state index in [1.54, 1.807) is 31.4 Å². The van der Waals surface area contributed by atoms with Crippen molar-refractivity contribution < 1.29 is 19.1 Å². The fraction of sp³-hybridized carbons (Fsp3) is 0.417. The molecule has 0 atom stereocenters. The first kappa shape index (κ1) is 22.6. The van der Waals surface area contributed by atoms with Gasteiger partial charge in [-0.1, -0.05) is 12.1 Å². The number of hydrogen-bond acceptors (Lipinski definition) is 5. The van der Waals surface area contributed by atoms with E-state index in [4.69, 9.17) is 15.2 Å². The SMILES string of the molecule is COc1ccc(C(=O)NCc2cccc(C(=O)NC3CCC(CN)CC3)c2)cc1OC. The van der Waals surface area contributed by atoms with Crippen LogP contribution >= 0.6 is 0 Å². The quantitative estimate of drug-likeness (QED) is 0.604. The number of methoxy groups -OCH3 is 2. The first-order valence-electron chi connectivity index (χ1n) is 10.6. The molecule has 31 heavy (non-hydrogen) atoms. The zero-order valence-corrected chi connectivity index (χ0v) is 18.1. The van der Waals surface area contributed by atoms with Crippen molar-refractivity contribution in [1.29, 1.82) is 0 Å². The van der Waals surface area contributed by atoms with Gasteiger partial charge in [0.05, 0.1) is 14.2 Å². The van der Waals surface area contributed by atoms with Gasteiger partial charge in [-0.15, -0.1) is 0 Å². The van der Waals surface area contributed by atoms with Gasteiger partial charge in [0.2, 0.25) is 0 Å². The molecule has 0 bridgehead atoms. The molecule has 2 aromatic carbocycles. The summed E-state index contributed by atoms with van der Waals surface area (Å²) in [5.74, 6) is 1.33. The molecule has 7 heteroatoms. The van der Waals surface area contributed by atoms with E-state index in [0.717, 1.165) is 37.8 Å². The number of nitrogens with two attached hydrogens (primary N) is 1. The second-order valence-corrected chi connectivity index (χ2v) is 7.88. The first-order valence-corrected chi connectivity index (χ1v) is 10.6. The number of rotatable bonds is 8. The highest BCUT2D eigenvalue weighted by Crippen LogP contribution is 2.27. The van der Waals surface area contributed by atoms with Gasteiger partial charge in [-0.3, -0.25) is 9.59 Å². The summed E-state index contributed by atoms with van der Waals surface area (Å²) in [5.41, 5.74) is 7.67. The molecular weight excluding hydrogens is 394 g/mol. The van der Waals surface area contributed by atoms with Crippen molar-refractivity contribution in [2.45, 2.75) is 38.3 Å². The maximum absolute atomic E-state index is 12.7. The number of carbonyl (C=O) groups is 2. The molecule has 7 nitrogen and oxygen atoms in total. The zero-order chi connectivity index (χ0) is 22.2. The minimum Gasteiger partial charge on any atom is -0.493 e. The summed E-state index contributed by atoms with van der Waals surface area (Å²) in [6.45, 7) is 1.04. The molecule has 0 saturated heterocycles. The van der Waals surface area contributed by atoms with Gasteiger partial charge >= 0.3 is 0 Å². The van der Waals surface area contributed by atoms with Gasteiger partial charge in [0, 0.05) is 23.7 Å². The van der Waals surface area contributed by atoms with Crippen LogP contribution < -0.4 is 25.8 Å². The van der Waals surface area contributed by atoms with Crippen LogP contribution in [0.15, 0.2) is 42.5 Å². The smallest absolute Gasteiger partial charge is 0.251 e. The Labute approximate surface area is 183 Å². The van der Waals surface area contributed by atoms with Crippen molar-refractivity contribution in [2.75, 3.05) is 20.8 Å². The lowest BCUT2D eigenvalue weighted by molar-refractivity contribution is 0.0921. The fourth-order valence-corrected chi connectivity index (χ4v) is 3.90. The molecule has 2 amide bonds. The molecule has 0 aromatic heterocycles. The number of benzene rings is 2. The third kappa shape index (κ3) is 5.98. The molecule has 1 fully saturated rings. The van der Waals surface area contributed by atoms with Crippen molar-refractivity contribution in [3.8, 4) is 11.5 Å². The van der Waals surface area contributed by atoms with Crippen LogP contribution in [0.5, 0.6) is 11.5 Å². The van der Waals surface area contributed by atoms with Gasteiger partial charge in [0.1, 0.15) is 0 Å². The Balaban J connectivity index is 1.56. The van der Waals surface area contributed by atoms with Crippen LogP contribution in [0.1, 0.15) is 52.0 Å². The summed E-state index contributed by atoms with van der Waals surface area (Å²) < 4.78 is 10.5. The fourth-order valence-electron chi connectivity index (χ4n) is 3.90. The van der Waals surface area contributed by atoms with Gasteiger partial charge in [0.25, 0.3) is 11.8 Å². The average Bonchev–Trinajstić information content (AvgIpc) is 2.82. The molecule has 1 aliphatic carbocycles. The average molecular weight is 426 g/mol. The highest BCUT2D eigenvalue weighted by Gasteiger charge is 2.22. The van der Waals surface area contributed by atoms with Crippen LogP contribution in [0.4, 0.5) is 0 Å². The summed E-state index contributed by atoms with van der Waals surface area (Å²) in [5, 5.41) is 6.01. The van der Waals surface area contributed by atoms with Crippen LogP contribution in [-0.4, -0.2) is 38.6 Å². The zero-order valence-electron chi connectivity index (χ0n) is 18.1. The van der Waals surface area contributed by atoms with Crippen molar-refractivity contribution in [3.05, 3.63) is 59.2 Å². The van der Waals surface area contributed by atoms with E-state index < -0.39 is 0 Å². The summed E-state index contributed by atoms with van der Waals surface area (Å²) in [4.78, 5) is 25.2. The van der Waals surface area contributed by atoms with Gasteiger partial charge < -0.3 is 25.8 Å². The monoisotopic (exact) mass is 425 g/mol.